The molecular weight excluding hydrogens is 396 g/mol. The molecule has 8 nitrogen and oxygen atoms in total. The number of cyclic esters (lactones) is 1. The lowest BCUT2D eigenvalue weighted by Gasteiger charge is -2.11. The summed E-state index contributed by atoms with van der Waals surface area (Å²) in [5, 5.41) is 0. The summed E-state index contributed by atoms with van der Waals surface area (Å²) < 4.78 is 41.5. The lowest BCUT2D eigenvalue weighted by atomic mass is 10.1. The number of esters is 1. The molecular formula is C20H20N2O6S. The number of methoxy groups -OCH3 is 2. The Hall–Kier alpha value is -3.17. The van der Waals surface area contributed by atoms with Crippen molar-refractivity contribution >= 4 is 28.0 Å². The van der Waals surface area contributed by atoms with Crippen molar-refractivity contribution in [3.05, 3.63) is 59.3 Å². The van der Waals surface area contributed by atoms with Crippen molar-refractivity contribution < 1.29 is 27.4 Å². The maximum atomic E-state index is 12.3. The van der Waals surface area contributed by atoms with E-state index in [2.05, 4.69) is 4.99 Å². The second-order valence-electron chi connectivity index (χ2n) is 6.26. The summed E-state index contributed by atoms with van der Waals surface area (Å²) in [6.07, 6.45) is 1.54. The van der Waals surface area contributed by atoms with Gasteiger partial charge in [-0.3, -0.25) is 0 Å². The maximum absolute atomic E-state index is 12.3. The Balaban J connectivity index is 1.98. The van der Waals surface area contributed by atoms with Crippen LogP contribution in [0.1, 0.15) is 11.1 Å². The minimum Gasteiger partial charge on any atom is -0.497 e. The van der Waals surface area contributed by atoms with Crippen LogP contribution in [0.2, 0.25) is 0 Å². The molecule has 0 N–H and O–H groups in total. The van der Waals surface area contributed by atoms with Crippen LogP contribution in [0.3, 0.4) is 0 Å². The van der Waals surface area contributed by atoms with Gasteiger partial charge in [0.15, 0.2) is 5.70 Å². The molecule has 0 unspecified atom stereocenters. The van der Waals surface area contributed by atoms with Crippen LogP contribution in [0.15, 0.2) is 58.0 Å². The molecule has 0 fully saturated rings. The first-order valence-electron chi connectivity index (χ1n) is 8.54. The number of hydrogen-bond donors (Lipinski definition) is 0. The quantitative estimate of drug-likeness (QED) is 0.530. The topological polar surface area (TPSA) is 94.5 Å². The number of nitrogens with zero attached hydrogens (tertiary/aromatic N) is 2. The van der Waals surface area contributed by atoms with Crippen LogP contribution in [0.25, 0.3) is 6.08 Å². The van der Waals surface area contributed by atoms with E-state index in [9.17, 15) is 13.2 Å². The van der Waals surface area contributed by atoms with E-state index in [0.717, 1.165) is 4.31 Å². The molecule has 0 aliphatic carbocycles. The molecule has 0 radical (unpaired) electrons. The Kier molecular flexibility index (Phi) is 5.71. The molecule has 29 heavy (non-hydrogen) atoms. The molecule has 1 aliphatic rings. The Morgan fingerprint density at radius 1 is 1.07 bits per heavy atom. The number of aliphatic imine (C=N–C) groups is 1. The predicted octanol–water partition coefficient (Wildman–Crippen LogP) is 2.30. The van der Waals surface area contributed by atoms with E-state index in [1.165, 1.54) is 39.4 Å². The van der Waals surface area contributed by atoms with Gasteiger partial charge in [0.05, 0.1) is 19.1 Å². The molecule has 0 atom stereocenters. The molecule has 0 aromatic heterocycles. The van der Waals surface area contributed by atoms with Gasteiger partial charge in [-0.2, -0.15) is 0 Å². The van der Waals surface area contributed by atoms with Crippen molar-refractivity contribution in [1.82, 2.24) is 4.31 Å². The van der Waals surface area contributed by atoms with Crippen LogP contribution < -0.4 is 9.47 Å². The van der Waals surface area contributed by atoms with Crippen molar-refractivity contribution in [3.63, 3.8) is 0 Å². The fourth-order valence-electron chi connectivity index (χ4n) is 2.62. The number of rotatable bonds is 6. The molecule has 1 heterocycles. The fourth-order valence-corrected chi connectivity index (χ4v) is 3.57. The lowest BCUT2D eigenvalue weighted by Crippen LogP contribution is -2.22. The van der Waals surface area contributed by atoms with Gasteiger partial charge >= 0.3 is 5.97 Å². The zero-order valence-corrected chi connectivity index (χ0v) is 17.2. The summed E-state index contributed by atoms with van der Waals surface area (Å²) in [5.74, 6) is 0.511. The average molecular weight is 416 g/mol. The molecule has 152 valence electrons. The number of carbonyl (C=O) groups is 1. The van der Waals surface area contributed by atoms with Gasteiger partial charge in [-0.05, 0) is 36.4 Å². The second-order valence-corrected chi connectivity index (χ2v) is 8.41. The fraction of sp³-hybridized carbons (Fsp3) is 0.200. The van der Waals surface area contributed by atoms with Gasteiger partial charge < -0.3 is 14.2 Å². The number of carbonyl (C=O) groups excluding carboxylic acids is 1. The molecule has 0 bridgehead atoms. The van der Waals surface area contributed by atoms with Crippen LogP contribution in [-0.4, -0.2) is 52.9 Å². The van der Waals surface area contributed by atoms with Crippen molar-refractivity contribution in [2.75, 3.05) is 28.3 Å². The van der Waals surface area contributed by atoms with Crippen LogP contribution >= 0.6 is 0 Å². The summed E-state index contributed by atoms with van der Waals surface area (Å²) in [6.45, 7) is 0. The van der Waals surface area contributed by atoms with Gasteiger partial charge in [0, 0.05) is 31.3 Å². The largest absolute Gasteiger partial charge is 0.497 e. The van der Waals surface area contributed by atoms with Crippen LogP contribution in [0.4, 0.5) is 0 Å². The third-order valence-corrected chi connectivity index (χ3v) is 6.02. The Morgan fingerprint density at radius 3 is 2.48 bits per heavy atom. The van der Waals surface area contributed by atoms with Gasteiger partial charge in [-0.1, -0.05) is 6.07 Å². The average Bonchev–Trinajstić information content (AvgIpc) is 3.08. The van der Waals surface area contributed by atoms with E-state index in [0.29, 0.717) is 22.6 Å². The Labute approximate surface area is 169 Å². The van der Waals surface area contributed by atoms with E-state index in [-0.39, 0.29) is 16.5 Å². The highest BCUT2D eigenvalue weighted by Crippen LogP contribution is 2.28. The minimum atomic E-state index is -3.63. The van der Waals surface area contributed by atoms with E-state index < -0.39 is 16.0 Å². The zero-order valence-electron chi connectivity index (χ0n) is 16.4. The highest BCUT2D eigenvalue weighted by Gasteiger charge is 2.26. The normalized spacial score (nSPS) is 15.4. The first-order valence-corrected chi connectivity index (χ1v) is 9.98. The summed E-state index contributed by atoms with van der Waals surface area (Å²) in [4.78, 5) is 16.6. The van der Waals surface area contributed by atoms with Crippen molar-refractivity contribution in [3.8, 4) is 11.5 Å². The first kappa shape index (κ1) is 20.6. The van der Waals surface area contributed by atoms with Crippen LogP contribution in [0, 0.1) is 0 Å². The molecule has 1 aliphatic heterocycles. The highest BCUT2D eigenvalue weighted by atomic mass is 32.2. The number of benzene rings is 2. The van der Waals surface area contributed by atoms with Gasteiger partial charge in [0.1, 0.15) is 11.5 Å². The summed E-state index contributed by atoms with van der Waals surface area (Å²) >= 11 is 0. The SMILES string of the molecule is COc1ccc(/C=C2\N=C(c3cccc(S(=O)(=O)N(C)C)c3)OC2=O)c(OC)c1. The molecule has 0 spiro atoms. The van der Waals surface area contributed by atoms with E-state index in [4.69, 9.17) is 14.2 Å². The summed E-state index contributed by atoms with van der Waals surface area (Å²) in [7, 11) is 2.31. The molecule has 3 rings (SSSR count). The van der Waals surface area contributed by atoms with E-state index >= 15 is 0 Å². The Bertz CT molecular complexity index is 1120. The summed E-state index contributed by atoms with van der Waals surface area (Å²) in [5.41, 5.74) is 1.07. The van der Waals surface area contributed by atoms with Gasteiger partial charge in [0.2, 0.25) is 15.9 Å². The zero-order chi connectivity index (χ0) is 21.2. The molecule has 0 saturated carbocycles. The molecule has 0 amide bonds. The second kappa shape index (κ2) is 8.06. The van der Waals surface area contributed by atoms with Crippen molar-refractivity contribution in [2.24, 2.45) is 4.99 Å². The van der Waals surface area contributed by atoms with E-state index in [1.807, 2.05) is 0 Å². The summed E-state index contributed by atoms with van der Waals surface area (Å²) in [6, 6.07) is 11.2. The number of sulfonamides is 1. The highest BCUT2D eigenvalue weighted by molar-refractivity contribution is 7.89. The molecule has 2 aromatic carbocycles. The van der Waals surface area contributed by atoms with Crippen LogP contribution in [0.5, 0.6) is 11.5 Å². The maximum Gasteiger partial charge on any atom is 0.363 e. The van der Waals surface area contributed by atoms with Gasteiger partial charge in [-0.15, -0.1) is 0 Å². The monoisotopic (exact) mass is 416 g/mol. The third-order valence-electron chi connectivity index (χ3n) is 4.21. The lowest BCUT2D eigenvalue weighted by molar-refractivity contribution is -0.129. The van der Waals surface area contributed by atoms with Gasteiger partial charge in [0.25, 0.3) is 0 Å². The standard InChI is InChI=1S/C20H20N2O6S/c1-22(2)29(24,25)16-7-5-6-14(10-16)19-21-17(20(23)28-19)11-13-8-9-15(26-3)12-18(13)27-4/h5-12H,1-4H3/b17-11-. The third kappa shape index (κ3) is 4.15. The number of ether oxygens (including phenoxy) is 3. The van der Waals surface area contributed by atoms with Crippen LogP contribution in [-0.2, 0) is 19.6 Å². The number of hydrogen-bond acceptors (Lipinski definition) is 7. The molecule has 0 saturated heterocycles. The molecule has 2 aromatic rings. The van der Waals surface area contributed by atoms with Crippen molar-refractivity contribution in [2.45, 2.75) is 4.90 Å². The predicted molar refractivity (Wildman–Crippen MR) is 107 cm³/mol. The minimum absolute atomic E-state index is 0.0320. The van der Waals surface area contributed by atoms with Gasteiger partial charge in [-0.25, -0.2) is 22.5 Å². The molecule has 9 heteroatoms. The Morgan fingerprint density at radius 2 is 1.83 bits per heavy atom. The van der Waals surface area contributed by atoms with E-state index in [1.54, 1.807) is 37.4 Å². The van der Waals surface area contributed by atoms with Crippen molar-refractivity contribution in [1.29, 1.82) is 0 Å². The first-order chi connectivity index (χ1) is 13.8. The smallest absolute Gasteiger partial charge is 0.363 e.